The van der Waals surface area contributed by atoms with Gasteiger partial charge in [-0.15, -0.1) is 0 Å². The van der Waals surface area contributed by atoms with Gasteiger partial charge in [0.25, 0.3) is 0 Å². The average molecular weight is 653 g/mol. The van der Waals surface area contributed by atoms with E-state index >= 15 is 0 Å². The SMILES string of the molecule is Cc1cc(F)ccc1-c1cc(N2C[C@@H]3CCCN3C[C@H]2CO)ncc1N(C)C(=O)C(C)(C)c1cc(C(F)(F)F)cc(C(F)(F)F)c1. The van der Waals surface area contributed by atoms with Gasteiger partial charge in [0.05, 0.1) is 41.1 Å². The number of piperazine rings is 1. The smallest absolute Gasteiger partial charge is 0.394 e. The topological polar surface area (TPSA) is 59.9 Å². The molecule has 1 aromatic heterocycles. The van der Waals surface area contributed by atoms with Gasteiger partial charge in [0.2, 0.25) is 5.91 Å². The summed E-state index contributed by atoms with van der Waals surface area (Å²) in [5.74, 6) is -0.755. The molecule has 248 valence electrons. The summed E-state index contributed by atoms with van der Waals surface area (Å²) >= 11 is 0. The van der Waals surface area contributed by atoms with E-state index in [1.807, 2.05) is 4.90 Å². The monoisotopic (exact) mass is 652 g/mol. The fraction of sp³-hybridized carbons (Fsp3) is 0.455. The normalized spacial score (nSPS) is 19.3. The van der Waals surface area contributed by atoms with Crippen molar-refractivity contribution in [2.24, 2.45) is 0 Å². The zero-order chi connectivity index (χ0) is 33.8. The molecule has 0 aliphatic carbocycles. The Bertz CT molecular complexity index is 1590. The molecule has 2 aliphatic heterocycles. The number of carbonyl (C=O) groups is 1. The van der Waals surface area contributed by atoms with Crippen molar-refractivity contribution in [3.8, 4) is 11.1 Å². The Labute approximate surface area is 262 Å². The molecule has 0 spiro atoms. The molecule has 13 heteroatoms. The maximum absolute atomic E-state index is 14.1. The van der Waals surface area contributed by atoms with E-state index in [1.165, 1.54) is 45.3 Å². The summed E-state index contributed by atoms with van der Waals surface area (Å²) in [6, 6.07) is 7.01. The number of aliphatic hydroxyl groups is 1. The maximum atomic E-state index is 14.1. The molecule has 1 N–H and O–H groups in total. The minimum absolute atomic E-state index is 0.0247. The first-order valence-corrected chi connectivity index (χ1v) is 14.9. The van der Waals surface area contributed by atoms with Gasteiger partial charge in [0.15, 0.2) is 0 Å². The number of anilines is 2. The van der Waals surface area contributed by atoms with Crippen molar-refractivity contribution in [3.63, 3.8) is 0 Å². The zero-order valence-corrected chi connectivity index (χ0v) is 25.8. The number of nitrogens with zero attached hydrogens (tertiary/aromatic N) is 4. The molecule has 3 aromatic rings. The van der Waals surface area contributed by atoms with Crippen molar-refractivity contribution in [2.45, 2.75) is 63.5 Å². The first kappa shape index (κ1) is 33.6. The van der Waals surface area contributed by atoms with Crippen molar-refractivity contribution in [1.29, 1.82) is 0 Å². The highest BCUT2D eigenvalue weighted by atomic mass is 19.4. The van der Waals surface area contributed by atoms with Crippen molar-refractivity contribution in [3.05, 3.63) is 76.7 Å². The van der Waals surface area contributed by atoms with Gasteiger partial charge in [-0.1, -0.05) is 6.07 Å². The number of benzene rings is 2. The predicted molar refractivity (Wildman–Crippen MR) is 160 cm³/mol. The summed E-state index contributed by atoms with van der Waals surface area (Å²) in [5.41, 5.74) is -3.58. The minimum Gasteiger partial charge on any atom is -0.394 e. The zero-order valence-electron chi connectivity index (χ0n) is 25.8. The second-order valence-corrected chi connectivity index (χ2v) is 12.6. The van der Waals surface area contributed by atoms with Gasteiger partial charge in [0.1, 0.15) is 11.6 Å². The number of hydrogen-bond acceptors (Lipinski definition) is 5. The van der Waals surface area contributed by atoms with E-state index in [9.17, 15) is 40.6 Å². The number of likely N-dealkylation sites (N-methyl/N-ethyl adjacent to an activating group) is 1. The van der Waals surface area contributed by atoms with Crippen molar-refractivity contribution >= 4 is 17.4 Å². The lowest BCUT2D eigenvalue weighted by Gasteiger charge is -2.44. The van der Waals surface area contributed by atoms with Crippen LogP contribution in [-0.4, -0.2) is 66.3 Å². The molecule has 0 saturated carbocycles. The Kier molecular flexibility index (Phi) is 8.88. The van der Waals surface area contributed by atoms with Crippen LogP contribution in [0.15, 0.2) is 48.7 Å². The highest BCUT2D eigenvalue weighted by Gasteiger charge is 2.42. The summed E-state index contributed by atoms with van der Waals surface area (Å²) in [6.07, 6.45) is -6.70. The molecule has 46 heavy (non-hydrogen) atoms. The first-order chi connectivity index (χ1) is 21.4. The van der Waals surface area contributed by atoms with Gasteiger partial charge in [0, 0.05) is 31.7 Å². The van der Waals surface area contributed by atoms with Crippen LogP contribution in [0.2, 0.25) is 0 Å². The fourth-order valence-electron chi connectivity index (χ4n) is 6.50. The van der Waals surface area contributed by atoms with Crippen LogP contribution in [0.5, 0.6) is 0 Å². The highest BCUT2D eigenvalue weighted by Crippen LogP contribution is 2.42. The molecule has 0 bridgehead atoms. The average Bonchev–Trinajstić information content (AvgIpc) is 3.46. The second-order valence-electron chi connectivity index (χ2n) is 12.6. The Hall–Kier alpha value is -3.71. The Morgan fingerprint density at radius 2 is 1.59 bits per heavy atom. The lowest BCUT2D eigenvalue weighted by atomic mass is 9.81. The van der Waals surface area contributed by atoms with E-state index < -0.39 is 46.2 Å². The largest absolute Gasteiger partial charge is 0.416 e. The molecule has 6 nitrogen and oxygen atoms in total. The number of alkyl halides is 6. The molecule has 0 radical (unpaired) electrons. The van der Waals surface area contributed by atoms with Gasteiger partial charge in [-0.2, -0.15) is 26.3 Å². The van der Waals surface area contributed by atoms with Gasteiger partial charge in [-0.25, -0.2) is 9.37 Å². The Morgan fingerprint density at radius 1 is 0.957 bits per heavy atom. The molecule has 2 aromatic carbocycles. The van der Waals surface area contributed by atoms with Gasteiger partial charge < -0.3 is 14.9 Å². The van der Waals surface area contributed by atoms with E-state index in [2.05, 4.69) is 9.88 Å². The summed E-state index contributed by atoms with van der Waals surface area (Å²) in [6.45, 7) is 6.28. The standard InChI is InChI=1S/C33H35F7N4O2/c1-19-10-23(34)7-8-26(19)27-14-29(44-17-24-6-5-9-43(24)16-25(44)18-45)41-15-28(27)42(4)30(46)31(2,3)20-11-21(32(35,36)37)13-22(12-20)33(38,39)40/h7-8,10-15,24-25,45H,5-6,9,16-18H2,1-4H3/t24-,25-/m0/s1. The van der Waals surface area contributed by atoms with Crippen LogP contribution >= 0.6 is 0 Å². The fourth-order valence-corrected chi connectivity index (χ4v) is 6.50. The second kappa shape index (κ2) is 12.1. The first-order valence-electron chi connectivity index (χ1n) is 14.9. The highest BCUT2D eigenvalue weighted by molar-refractivity contribution is 6.03. The molecule has 2 atom stereocenters. The lowest BCUT2D eigenvalue weighted by molar-refractivity contribution is -0.143. The number of carbonyl (C=O) groups excluding carboxylic acids is 1. The van der Waals surface area contributed by atoms with Crippen LogP contribution in [-0.2, 0) is 22.6 Å². The van der Waals surface area contributed by atoms with Gasteiger partial charge in [-0.05, 0) is 93.2 Å². The van der Waals surface area contributed by atoms with E-state index in [-0.39, 0.29) is 30.4 Å². The maximum Gasteiger partial charge on any atom is 0.416 e. The van der Waals surface area contributed by atoms with E-state index in [4.69, 9.17) is 0 Å². The number of amides is 1. The molecule has 0 unspecified atom stereocenters. The summed E-state index contributed by atoms with van der Waals surface area (Å²) in [5, 5.41) is 10.2. The Morgan fingerprint density at radius 3 is 2.17 bits per heavy atom. The van der Waals surface area contributed by atoms with Crippen LogP contribution in [0.25, 0.3) is 11.1 Å². The number of hydrogen-bond donors (Lipinski definition) is 1. The molecule has 2 saturated heterocycles. The molecule has 3 heterocycles. The Balaban J connectivity index is 1.59. The van der Waals surface area contributed by atoms with Crippen molar-refractivity contribution in [2.75, 3.05) is 43.1 Å². The number of pyridine rings is 1. The van der Waals surface area contributed by atoms with E-state index in [0.717, 1.165) is 24.3 Å². The number of aliphatic hydroxyl groups excluding tert-OH is 1. The molecular weight excluding hydrogens is 617 g/mol. The quantitative estimate of drug-likeness (QED) is 0.297. The molecule has 5 rings (SSSR count). The van der Waals surface area contributed by atoms with E-state index in [1.54, 1.807) is 13.0 Å². The summed E-state index contributed by atoms with van der Waals surface area (Å²) in [4.78, 5) is 24.2. The van der Waals surface area contributed by atoms with E-state index in [0.29, 0.717) is 47.7 Å². The number of aryl methyl sites for hydroxylation is 1. The third kappa shape index (κ3) is 6.44. The summed E-state index contributed by atoms with van der Waals surface area (Å²) in [7, 11) is 1.37. The molecular formula is C33H35F7N4O2. The third-order valence-electron chi connectivity index (χ3n) is 9.15. The number of fused-ring (bicyclic) bond motifs is 1. The number of aromatic nitrogens is 1. The van der Waals surface area contributed by atoms with Crippen LogP contribution in [0.4, 0.5) is 42.2 Å². The number of halogens is 7. The summed E-state index contributed by atoms with van der Waals surface area (Å²) < 4.78 is 96.1. The van der Waals surface area contributed by atoms with Gasteiger partial charge >= 0.3 is 12.4 Å². The van der Waals surface area contributed by atoms with Crippen LogP contribution in [0.1, 0.15) is 48.9 Å². The molecule has 2 fully saturated rings. The van der Waals surface area contributed by atoms with Crippen molar-refractivity contribution in [1.82, 2.24) is 9.88 Å². The van der Waals surface area contributed by atoms with Gasteiger partial charge in [-0.3, -0.25) is 9.69 Å². The molecule has 1 amide bonds. The number of rotatable bonds is 6. The lowest BCUT2D eigenvalue weighted by Crippen LogP contribution is -2.57. The minimum atomic E-state index is -5.08. The molecule has 2 aliphatic rings. The van der Waals surface area contributed by atoms with Crippen LogP contribution < -0.4 is 9.80 Å². The van der Waals surface area contributed by atoms with Crippen LogP contribution in [0.3, 0.4) is 0 Å². The van der Waals surface area contributed by atoms with Crippen molar-refractivity contribution < 1.29 is 40.6 Å². The predicted octanol–water partition coefficient (Wildman–Crippen LogP) is 6.82. The van der Waals surface area contributed by atoms with Crippen LogP contribution in [0, 0.1) is 12.7 Å². The third-order valence-corrected chi connectivity index (χ3v) is 9.15.